The van der Waals surface area contributed by atoms with Gasteiger partial charge in [0, 0.05) is 5.56 Å². The van der Waals surface area contributed by atoms with Gasteiger partial charge in [-0.2, -0.15) is 0 Å². The molecule has 1 rings (SSSR count). The summed E-state index contributed by atoms with van der Waals surface area (Å²) >= 11 is 0. The number of ether oxygens (including phenoxy) is 1. The van der Waals surface area contributed by atoms with Crippen LogP contribution in [0.4, 0.5) is 8.78 Å². The van der Waals surface area contributed by atoms with Gasteiger partial charge in [-0.05, 0) is 24.6 Å². The van der Waals surface area contributed by atoms with Gasteiger partial charge in [0.05, 0.1) is 13.5 Å². The summed E-state index contributed by atoms with van der Waals surface area (Å²) in [5, 5.41) is 0. The van der Waals surface area contributed by atoms with Crippen LogP contribution in [0.2, 0.25) is 0 Å². The van der Waals surface area contributed by atoms with E-state index in [1.54, 1.807) is 0 Å². The lowest BCUT2D eigenvalue weighted by Crippen LogP contribution is -2.07. The molecular weight excluding hydrogens is 190 g/mol. The molecule has 0 fully saturated rings. The van der Waals surface area contributed by atoms with Gasteiger partial charge < -0.3 is 4.74 Å². The van der Waals surface area contributed by atoms with E-state index in [2.05, 4.69) is 4.74 Å². The van der Waals surface area contributed by atoms with E-state index in [-0.39, 0.29) is 17.5 Å². The van der Waals surface area contributed by atoms with Crippen molar-refractivity contribution < 1.29 is 18.3 Å². The minimum Gasteiger partial charge on any atom is -0.469 e. The lowest BCUT2D eigenvalue weighted by Gasteiger charge is -2.04. The first-order valence-corrected chi connectivity index (χ1v) is 4.06. The van der Waals surface area contributed by atoms with E-state index < -0.39 is 17.6 Å². The Kier molecular flexibility index (Phi) is 3.17. The molecule has 0 unspecified atom stereocenters. The number of carbonyl (C=O) groups excluding carboxylic acids is 1. The highest BCUT2D eigenvalue weighted by molar-refractivity contribution is 5.72. The number of halogens is 2. The van der Waals surface area contributed by atoms with E-state index in [1.165, 1.54) is 14.0 Å². The third-order valence-electron chi connectivity index (χ3n) is 1.86. The van der Waals surface area contributed by atoms with Gasteiger partial charge in [0.1, 0.15) is 11.6 Å². The second-order valence-electron chi connectivity index (χ2n) is 2.95. The Morgan fingerprint density at radius 3 is 2.64 bits per heavy atom. The number of hydrogen-bond donors (Lipinski definition) is 0. The van der Waals surface area contributed by atoms with Crippen molar-refractivity contribution in [3.8, 4) is 0 Å². The lowest BCUT2D eigenvalue weighted by molar-refractivity contribution is -0.139. The fraction of sp³-hybridized carbons (Fsp3) is 0.300. The molecule has 0 N–H and O–H groups in total. The van der Waals surface area contributed by atoms with Crippen LogP contribution in [0.3, 0.4) is 0 Å². The monoisotopic (exact) mass is 200 g/mol. The van der Waals surface area contributed by atoms with Crippen LogP contribution in [0.1, 0.15) is 11.1 Å². The summed E-state index contributed by atoms with van der Waals surface area (Å²) < 4.78 is 30.5. The van der Waals surface area contributed by atoms with Crippen molar-refractivity contribution in [2.75, 3.05) is 7.11 Å². The molecule has 0 aliphatic rings. The highest BCUT2D eigenvalue weighted by atomic mass is 19.1. The molecular formula is C10H10F2O2. The summed E-state index contributed by atoms with van der Waals surface area (Å²) in [6.45, 7) is 1.44. The molecule has 0 aromatic heterocycles. The quantitative estimate of drug-likeness (QED) is 0.682. The van der Waals surface area contributed by atoms with Crippen LogP contribution >= 0.6 is 0 Å². The van der Waals surface area contributed by atoms with Crippen LogP contribution in [0, 0.1) is 18.6 Å². The molecule has 2 nitrogen and oxygen atoms in total. The fourth-order valence-electron chi connectivity index (χ4n) is 1.15. The summed E-state index contributed by atoms with van der Waals surface area (Å²) in [5.74, 6) is -1.70. The zero-order chi connectivity index (χ0) is 10.7. The van der Waals surface area contributed by atoms with E-state index in [9.17, 15) is 13.6 Å². The molecule has 1 aromatic carbocycles. The number of carbonyl (C=O) groups is 1. The standard InChI is InChI=1S/C10H10F2O2/c1-6-3-8(11)4-7(10(6)12)5-9(13)14-2/h3-4H,5H2,1-2H3. The summed E-state index contributed by atoms with van der Waals surface area (Å²) in [6, 6.07) is 2.08. The van der Waals surface area contributed by atoms with Crippen LogP contribution in [0.25, 0.3) is 0 Å². The van der Waals surface area contributed by atoms with Gasteiger partial charge in [0.15, 0.2) is 0 Å². The van der Waals surface area contributed by atoms with Gasteiger partial charge in [-0.25, -0.2) is 8.78 Å². The first kappa shape index (κ1) is 10.6. The molecule has 4 heteroatoms. The topological polar surface area (TPSA) is 26.3 Å². The summed E-state index contributed by atoms with van der Waals surface area (Å²) in [6.07, 6.45) is -0.249. The maximum atomic E-state index is 13.3. The van der Waals surface area contributed by atoms with Gasteiger partial charge in [-0.3, -0.25) is 4.79 Å². The van der Waals surface area contributed by atoms with Crippen molar-refractivity contribution in [2.24, 2.45) is 0 Å². The van der Waals surface area contributed by atoms with Crippen molar-refractivity contribution >= 4 is 5.97 Å². The van der Waals surface area contributed by atoms with Gasteiger partial charge in [0.2, 0.25) is 0 Å². The molecule has 0 saturated carbocycles. The first-order valence-electron chi connectivity index (χ1n) is 4.06. The molecule has 0 saturated heterocycles. The van der Waals surface area contributed by atoms with Crippen LogP contribution in [-0.2, 0) is 16.0 Å². The lowest BCUT2D eigenvalue weighted by atomic mass is 10.1. The average molecular weight is 200 g/mol. The highest BCUT2D eigenvalue weighted by Crippen LogP contribution is 2.15. The van der Waals surface area contributed by atoms with Gasteiger partial charge in [0.25, 0.3) is 0 Å². The maximum Gasteiger partial charge on any atom is 0.310 e. The van der Waals surface area contributed by atoms with Gasteiger partial charge in [-0.1, -0.05) is 0 Å². The molecule has 1 aromatic rings. The van der Waals surface area contributed by atoms with Crippen LogP contribution < -0.4 is 0 Å². The predicted octanol–water partition coefficient (Wildman–Crippen LogP) is 1.99. The molecule has 0 amide bonds. The van der Waals surface area contributed by atoms with Crippen molar-refractivity contribution in [3.63, 3.8) is 0 Å². The molecule has 0 spiro atoms. The number of hydrogen-bond acceptors (Lipinski definition) is 2. The molecule has 0 aliphatic carbocycles. The maximum absolute atomic E-state index is 13.3. The first-order chi connectivity index (χ1) is 6.54. The minimum atomic E-state index is -0.589. The molecule has 14 heavy (non-hydrogen) atoms. The molecule has 0 radical (unpaired) electrons. The Balaban J connectivity index is 3.02. The van der Waals surface area contributed by atoms with Crippen molar-refractivity contribution in [3.05, 3.63) is 34.9 Å². The van der Waals surface area contributed by atoms with Crippen molar-refractivity contribution in [1.82, 2.24) is 0 Å². The second kappa shape index (κ2) is 4.17. The molecule has 0 heterocycles. The SMILES string of the molecule is COC(=O)Cc1cc(F)cc(C)c1F. The van der Waals surface area contributed by atoms with E-state index in [4.69, 9.17) is 0 Å². The Morgan fingerprint density at radius 2 is 2.07 bits per heavy atom. The number of benzene rings is 1. The Labute approximate surface area is 80.5 Å². The highest BCUT2D eigenvalue weighted by Gasteiger charge is 2.11. The zero-order valence-electron chi connectivity index (χ0n) is 7.93. The van der Waals surface area contributed by atoms with E-state index >= 15 is 0 Å². The smallest absolute Gasteiger partial charge is 0.310 e. The van der Waals surface area contributed by atoms with Crippen molar-refractivity contribution in [2.45, 2.75) is 13.3 Å². The third-order valence-corrected chi connectivity index (χ3v) is 1.86. The summed E-state index contributed by atoms with van der Waals surface area (Å²) in [4.78, 5) is 10.8. The van der Waals surface area contributed by atoms with Crippen LogP contribution in [0.15, 0.2) is 12.1 Å². The number of aryl methyl sites for hydroxylation is 1. The largest absolute Gasteiger partial charge is 0.469 e. The normalized spacial score (nSPS) is 10.0. The van der Waals surface area contributed by atoms with E-state index in [1.807, 2.05) is 0 Å². The minimum absolute atomic E-state index is 0.0225. The van der Waals surface area contributed by atoms with Crippen LogP contribution in [-0.4, -0.2) is 13.1 Å². The van der Waals surface area contributed by atoms with E-state index in [0.717, 1.165) is 12.1 Å². The Hall–Kier alpha value is -1.45. The summed E-state index contributed by atoms with van der Waals surface area (Å²) in [7, 11) is 1.20. The second-order valence-corrected chi connectivity index (χ2v) is 2.95. The average Bonchev–Trinajstić information content (AvgIpc) is 2.13. The molecule has 0 bridgehead atoms. The zero-order valence-corrected chi connectivity index (χ0v) is 7.93. The number of methoxy groups -OCH3 is 1. The van der Waals surface area contributed by atoms with Crippen molar-refractivity contribution in [1.29, 1.82) is 0 Å². The van der Waals surface area contributed by atoms with Crippen LogP contribution in [0.5, 0.6) is 0 Å². The third kappa shape index (κ3) is 2.28. The number of esters is 1. The molecule has 0 atom stereocenters. The molecule has 76 valence electrons. The predicted molar refractivity (Wildman–Crippen MR) is 46.8 cm³/mol. The fourth-order valence-corrected chi connectivity index (χ4v) is 1.15. The molecule has 0 aliphatic heterocycles. The van der Waals surface area contributed by atoms with Gasteiger partial charge >= 0.3 is 5.97 Å². The Bertz CT molecular complexity index is 361. The Morgan fingerprint density at radius 1 is 1.43 bits per heavy atom. The summed E-state index contributed by atoms with van der Waals surface area (Å²) in [5.41, 5.74) is 0.207. The van der Waals surface area contributed by atoms with E-state index in [0.29, 0.717) is 0 Å². The number of rotatable bonds is 2. The van der Waals surface area contributed by atoms with Gasteiger partial charge in [-0.15, -0.1) is 0 Å².